The minimum absolute atomic E-state index is 0.0167. The van der Waals surface area contributed by atoms with E-state index in [4.69, 9.17) is 0 Å². The Labute approximate surface area is 116 Å². The number of hydrogen-bond donors (Lipinski definition) is 0. The molecule has 0 N–H and O–H groups in total. The highest BCUT2D eigenvalue weighted by Crippen LogP contribution is 2.41. The second-order valence-corrected chi connectivity index (χ2v) is 6.27. The van der Waals surface area contributed by atoms with Crippen molar-refractivity contribution in [3.05, 3.63) is 46.5 Å². The fourth-order valence-corrected chi connectivity index (χ4v) is 3.16. The van der Waals surface area contributed by atoms with E-state index in [2.05, 4.69) is 39.8 Å². The lowest BCUT2D eigenvalue weighted by molar-refractivity contribution is 0.0998. The molecular weight excluding hydrogens is 232 g/mol. The summed E-state index contributed by atoms with van der Waals surface area (Å²) in [5, 5.41) is 0. The molecule has 0 unspecified atom stereocenters. The highest BCUT2D eigenvalue weighted by atomic mass is 16.1. The molecule has 0 spiro atoms. The van der Waals surface area contributed by atoms with Crippen molar-refractivity contribution in [2.75, 3.05) is 0 Å². The fraction of sp³-hybridized carbons (Fsp3) is 0.500. The van der Waals surface area contributed by atoms with Crippen molar-refractivity contribution >= 4 is 5.78 Å². The number of benzene rings is 1. The molecular formula is C18H24O. The molecule has 1 aromatic rings. The molecule has 1 aromatic carbocycles. The highest BCUT2D eigenvalue weighted by molar-refractivity contribution is 6.10. The zero-order valence-electron chi connectivity index (χ0n) is 12.5. The maximum atomic E-state index is 12.8. The standard InChI is InChI=1S/C18H24O/c1-5-14-8-10-15(11-9-14)17(19)16-13(2)7-6-12-18(16,3)4/h8-11H,5-7,12H2,1-4H3. The van der Waals surface area contributed by atoms with Crippen molar-refractivity contribution in [2.24, 2.45) is 5.41 Å². The van der Waals surface area contributed by atoms with Crippen molar-refractivity contribution in [2.45, 2.75) is 53.4 Å². The van der Waals surface area contributed by atoms with Crippen LogP contribution in [-0.4, -0.2) is 5.78 Å². The maximum absolute atomic E-state index is 12.8. The first-order chi connectivity index (χ1) is 8.95. The van der Waals surface area contributed by atoms with Gasteiger partial charge in [-0.2, -0.15) is 0 Å². The molecule has 0 aliphatic heterocycles. The zero-order valence-corrected chi connectivity index (χ0v) is 12.5. The third-order valence-electron chi connectivity index (χ3n) is 4.31. The first kappa shape index (κ1) is 14.0. The van der Waals surface area contributed by atoms with Crippen molar-refractivity contribution in [1.29, 1.82) is 0 Å². The molecule has 0 fully saturated rings. The highest BCUT2D eigenvalue weighted by Gasteiger charge is 2.33. The maximum Gasteiger partial charge on any atom is 0.189 e. The van der Waals surface area contributed by atoms with Crippen molar-refractivity contribution in [3.63, 3.8) is 0 Å². The van der Waals surface area contributed by atoms with Gasteiger partial charge in [0.05, 0.1) is 0 Å². The largest absolute Gasteiger partial charge is 0.289 e. The number of carbonyl (C=O) groups excluding carboxylic acids is 1. The molecule has 1 aliphatic rings. The summed E-state index contributed by atoms with van der Waals surface area (Å²) in [6.07, 6.45) is 4.39. The molecule has 0 radical (unpaired) electrons. The lowest BCUT2D eigenvalue weighted by atomic mass is 9.70. The van der Waals surface area contributed by atoms with Gasteiger partial charge in [-0.1, -0.05) is 50.6 Å². The minimum atomic E-state index is 0.0167. The van der Waals surface area contributed by atoms with Crippen molar-refractivity contribution in [1.82, 2.24) is 0 Å². The SMILES string of the molecule is CCc1ccc(C(=O)C2=C(C)CCCC2(C)C)cc1. The Kier molecular flexibility index (Phi) is 3.93. The predicted octanol–water partition coefficient (Wildman–Crippen LogP) is 4.96. The molecule has 1 nitrogen and oxygen atoms in total. The Hall–Kier alpha value is -1.37. The van der Waals surface area contributed by atoms with E-state index in [1.807, 2.05) is 12.1 Å². The number of ketones is 1. The van der Waals surface area contributed by atoms with Crippen LogP contribution in [0.15, 0.2) is 35.4 Å². The van der Waals surface area contributed by atoms with Crippen LogP contribution in [0.2, 0.25) is 0 Å². The Bertz CT molecular complexity index is 503. The van der Waals surface area contributed by atoms with Crippen LogP contribution < -0.4 is 0 Å². The molecule has 0 saturated carbocycles. The van der Waals surface area contributed by atoms with E-state index in [9.17, 15) is 4.79 Å². The average Bonchev–Trinajstić information content (AvgIpc) is 2.37. The van der Waals surface area contributed by atoms with Gasteiger partial charge in [0.15, 0.2) is 5.78 Å². The number of rotatable bonds is 3. The normalized spacial score (nSPS) is 18.5. The number of allylic oxidation sites excluding steroid dienone is 2. The molecule has 102 valence electrons. The number of hydrogen-bond acceptors (Lipinski definition) is 1. The number of carbonyl (C=O) groups is 1. The molecule has 0 heterocycles. The summed E-state index contributed by atoms with van der Waals surface area (Å²) in [5.41, 5.74) is 4.46. The summed E-state index contributed by atoms with van der Waals surface area (Å²) >= 11 is 0. The molecule has 0 atom stereocenters. The van der Waals surface area contributed by atoms with E-state index < -0.39 is 0 Å². The minimum Gasteiger partial charge on any atom is -0.289 e. The van der Waals surface area contributed by atoms with Gasteiger partial charge in [0.1, 0.15) is 0 Å². The molecule has 1 heteroatoms. The molecule has 0 amide bonds. The van der Waals surface area contributed by atoms with Gasteiger partial charge in [-0.15, -0.1) is 0 Å². The first-order valence-electron chi connectivity index (χ1n) is 7.29. The average molecular weight is 256 g/mol. The topological polar surface area (TPSA) is 17.1 Å². The summed E-state index contributed by atoms with van der Waals surface area (Å²) in [6.45, 7) is 8.65. The molecule has 2 rings (SSSR count). The second kappa shape index (κ2) is 5.32. The van der Waals surface area contributed by atoms with E-state index in [0.29, 0.717) is 0 Å². The van der Waals surface area contributed by atoms with Crippen LogP contribution in [0.25, 0.3) is 0 Å². The van der Waals surface area contributed by atoms with Crippen LogP contribution in [0.4, 0.5) is 0 Å². The summed E-state index contributed by atoms with van der Waals surface area (Å²) in [7, 11) is 0. The fourth-order valence-electron chi connectivity index (χ4n) is 3.16. The molecule has 0 saturated heterocycles. The summed E-state index contributed by atoms with van der Waals surface area (Å²) in [6, 6.07) is 8.09. The number of Topliss-reactive ketones (excluding diaryl/α,β-unsaturated/α-hetero) is 1. The Balaban J connectivity index is 2.36. The van der Waals surface area contributed by atoms with Gasteiger partial charge < -0.3 is 0 Å². The van der Waals surface area contributed by atoms with Gasteiger partial charge in [-0.25, -0.2) is 0 Å². The van der Waals surface area contributed by atoms with Gasteiger partial charge in [-0.05, 0) is 43.6 Å². The van der Waals surface area contributed by atoms with E-state index >= 15 is 0 Å². The summed E-state index contributed by atoms with van der Waals surface area (Å²) in [5.74, 6) is 0.227. The predicted molar refractivity (Wildman–Crippen MR) is 80.5 cm³/mol. The molecule has 1 aliphatic carbocycles. The van der Waals surface area contributed by atoms with Crippen LogP contribution >= 0.6 is 0 Å². The van der Waals surface area contributed by atoms with Gasteiger partial charge >= 0.3 is 0 Å². The second-order valence-electron chi connectivity index (χ2n) is 6.27. The summed E-state index contributed by atoms with van der Waals surface area (Å²) < 4.78 is 0. The Morgan fingerprint density at radius 3 is 2.37 bits per heavy atom. The monoisotopic (exact) mass is 256 g/mol. The van der Waals surface area contributed by atoms with E-state index in [1.165, 1.54) is 17.6 Å². The van der Waals surface area contributed by atoms with Crippen LogP contribution in [0.5, 0.6) is 0 Å². The van der Waals surface area contributed by atoms with Gasteiger partial charge in [0.25, 0.3) is 0 Å². The lowest BCUT2D eigenvalue weighted by Crippen LogP contribution is -2.26. The summed E-state index contributed by atoms with van der Waals surface area (Å²) in [4.78, 5) is 12.8. The van der Waals surface area contributed by atoms with E-state index in [0.717, 1.165) is 30.4 Å². The molecule has 0 aromatic heterocycles. The van der Waals surface area contributed by atoms with Crippen LogP contribution in [0, 0.1) is 5.41 Å². The van der Waals surface area contributed by atoms with E-state index in [1.54, 1.807) is 0 Å². The van der Waals surface area contributed by atoms with Crippen LogP contribution in [0.3, 0.4) is 0 Å². The zero-order chi connectivity index (χ0) is 14.0. The third-order valence-corrected chi connectivity index (χ3v) is 4.31. The quantitative estimate of drug-likeness (QED) is 0.699. The van der Waals surface area contributed by atoms with Crippen molar-refractivity contribution in [3.8, 4) is 0 Å². The van der Waals surface area contributed by atoms with Crippen molar-refractivity contribution < 1.29 is 4.79 Å². The Morgan fingerprint density at radius 2 is 1.84 bits per heavy atom. The van der Waals surface area contributed by atoms with Gasteiger partial charge in [0.2, 0.25) is 0 Å². The lowest BCUT2D eigenvalue weighted by Gasteiger charge is -2.33. The first-order valence-corrected chi connectivity index (χ1v) is 7.29. The Morgan fingerprint density at radius 1 is 1.21 bits per heavy atom. The van der Waals surface area contributed by atoms with Crippen LogP contribution in [0.1, 0.15) is 62.9 Å². The van der Waals surface area contributed by atoms with Gasteiger partial charge in [0, 0.05) is 11.1 Å². The number of aryl methyl sites for hydroxylation is 1. The smallest absolute Gasteiger partial charge is 0.189 e. The molecule has 19 heavy (non-hydrogen) atoms. The van der Waals surface area contributed by atoms with Crippen LogP contribution in [-0.2, 0) is 6.42 Å². The van der Waals surface area contributed by atoms with Gasteiger partial charge in [-0.3, -0.25) is 4.79 Å². The third kappa shape index (κ3) is 2.80. The van der Waals surface area contributed by atoms with E-state index in [-0.39, 0.29) is 11.2 Å². The molecule has 0 bridgehead atoms.